The first-order chi connectivity index (χ1) is 7.76. The van der Waals surface area contributed by atoms with Crippen molar-refractivity contribution in [2.75, 3.05) is 20.2 Å². The lowest BCUT2D eigenvalue weighted by molar-refractivity contribution is 0.0651. The van der Waals surface area contributed by atoms with Crippen LogP contribution in [0.4, 0.5) is 0 Å². The van der Waals surface area contributed by atoms with E-state index in [9.17, 15) is 4.79 Å². The van der Waals surface area contributed by atoms with Gasteiger partial charge < -0.3 is 9.64 Å². The summed E-state index contributed by atoms with van der Waals surface area (Å²) in [6.45, 7) is 3.86. The average Bonchev–Trinajstić information content (AvgIpc) is 2.25. The molecule has 1 aliphatic rings. The lowest BCUT2D eigenvalue weighted by Gasteiger charge is -2.31. The first kappa shape index (κ1) is 11.0. The number of carbonyl (C=O) groups is 1. The van der Waals surface area contributed by atoms with E-state index in [1.54, 1.807) is 7.11 Å². The minimum absolute atomic E-state index is 0.142. The van der Waals surface area contributed by atoms with Crippen LogP contribution in [0.3, 0.4) is 0 Å². The Morgan fingerprint density at radius 2 is 2.19 bits per heavy atom. The number of benzene rings is 1. The molecule has 1 fully saturated rings. The maximum atomic E-state index is 12.0. The zero-order chi connectivity index (χ0) is 11.5. The van der Waals surface area contributed by atoms with Gasteiger partial charge in [0.2, 0.25) is 0 Å². The van der Waals surface area contributed by atoms with Crippen molar-refractivity contribution in [3.05, 3.63) is 29.3 Å². The van der Waals surface area contributed by atoms with Crippen molar-refractivity contribution in [2.24, 2.45) is 0 Å². The van der Waals surface area contributed by atoms with Crippen LogP contribution >= 0.6 is 0 Å². The van der Waals surface area contributed by atoms with Crippen LogP contribution in [0.5, 0.6) is 5.75 Å². The summed E-state index contributed by atoms with van der Waals surface area (Å²) in [6.07, 6.45) is 2.01. The molecule has 0 spiro atoms. The van der Waals surface area contributed by atoms with Crippen molar-refractivity contribution in [1.29, 1.82) is 0 Å². The molecule has 86 valence electrons. The molecule has 1 aliphatic heterocycles. The summed E-state index contributed by atoms with van der Waals surface area (Å²) in [5.74, 6) is 1.01. The van der Waals surface area contributed by atoms with E-state index in [1.807, 2.05) is 23.1 Å². The number of amides is 1. The van der Waals surface area contributed by atoms with E-state index in [0.717, 1.165) is 42.8 Å². The van der Waals surface area contributed by atoms with Crippen LogP contribution in [-0.2, 0) is 6.42 Å². The monoisotopic (exact) mass is 219 g/mol. The van der Waals surface area contributed by atoms with E-state index >= 15 is 0 Å². The number of likely N-dealkylation sites (tertiary alicyclic amines) is 1. The van der Waals surface area contributed by atoms with Crippen LogP contribution < -0.4 is 4.74 Å². The molecule has 3 heteroatoms. The van der Waals surface area contributed by atoms with Crippen molar-refractivity contribution in [3.8, 4) is 5.75 Å². The van der Waals surface area contributed by atoms with Crippen molar-refractivity contribution >= 4 is 5.91 Å². The van der Waals surface area contributed by atoms with Gasteiger partial charge in [-0.05, 0) is 36.6 Å². The fraction of sp³-hybridized carbons (Fsp3) is 0.462. The lowest BCUT2D eigenvalue weighted by atomic mass is 10.1. The normalized spacial score (nSPS) is 14.5. The molecule has 0 atom stereocenters. The highest BCUT2D eigenvalue weighted by atomic mass is 16.5. The smallest absolute Gasteiger partial charge is 0.253 e. The summed E-state index contributed by atoms with van der Waals surface area (Å²) >= 11 is 0. The Kier molecular flexibility index (Phi) is 3.13. The number of hydrogen-bond acceptors (Lipinski definition) is 2. The topological polar surface area (TPSA) is 29.5 Å². The summed E-state index contributed by atoms with van der Waals surface area (Å²) in [4.78, 5) is 13.9. The number of hydrogen-bond donors (Lipinski definition) is 0. The quantitative estimate of drug-likeness (QED) is 0.779. The van der Waals surface area contributed by atoms with Crippen molar-refractivity contribution in [2.45, 2.75) is 19.8 Å². The van der Waals surface area contributed by atoms with Gasteiger partial charge in [-0.3, -0.25) is 4.79 Å². The Morgan fingerprint density at radius 1 is 1.44 bits per heavy atom. The SMILES string of the molecule is CCc1cc(C(=O)N2CCC2)ccc1OC. The standard InChI is InChI=1S/C13H17NO2/c1-3-10-9-11(5-6-12(10)16-2)13(15)14-7-4-8-14/h5-6,9H,3-4,7-8H2,1-2H3. The van der Waals surface area contributed by atoms with Crippen molar-refractivity contribution in [3.63, 3.8) is 0 Å². The molecular formula is C13H17NO2. The summed E-state index contributed by atoms with van der Waals surface area (Å²) < 4.78 is 5.25. The van der Waals surface area contributed by atoms with Gasteiger partial charge in [0.05, 0.1) is 7.11 Å². The van der Waals surface area contributed by atoms with Crippen molar-refractivity contribution < 1.29 is 9.53 Å². The zero-order valence-corrected chi connectivity index (χ0v) is 9.82. The second-order valence-corrected chi connectivity index (χ2v) is 4.03. The van der Waals surface area contributed by atoms with Gasteiger partial charge in [-0.15, -0.1) is 0 Å². The number of aryl methyl sites for hydroxylation is 1. The van der Waals surface area contributed by atoms with Gasteiger partial charge in [-0.2, -0.15) is 0 Å². The van der Waals surface area contributed by atoms with Gasteiger partial charge in [0, 0.05) is 18.7 Å². The number of nitrogens with zero attached hydrogens (tertiary/aromatic N) is 1. The molecule has 0 aliphatic carbocycles. The van der Waals surface area contributed by atoms with Crippen LogP contribution in [-0.4, -0.2) is 31.0 Å². The summed E-state index contributed by atoms with van der Waals surface area (Å²) in [7, 11) is 1.66. The van der Waals surface area contributed by atoms with Gasteiger partial charge in [0.15, 0.2) is 0 Å². The first-order valence-corrected chi connectivity index (χ1v) is 5.72. The highest BCUT2D eigenvalue weighted by Crippen LogP contribution is 2.22. The molecule has 3 nitrogen and oxygen atoms in total. The van der Waals surface area contributed by atoms with Gasteiger partial charge in [0.1, 0.15) is 5.75 Å². The van der Waals surface area contributed by atoms with Gasteiger partial charge in [-0.1, -0.05) is 6.92 Å². The molecule has 1 aromatic carbocycles. The molecule has 1 saturated heterocycles. The molecule has 0 N–H and O–H groups in total. The minimum Gasteiger partial charge on any atom is -0.496 e. The third kappa shape index (κ3) is 1.90. The Hall–Kier alpha value is -1.51. The second kappa shape index (κ2) is 4.56. The van der Waals surface area contributed by atoms with Crippen LogP contribution in [0.1, 0.15) is 29.3 Å². The fourth-order valence-electron chi connectivity index (χ4n) is 1.89. The third-order valence-electron chi connectivity index (χ3n) is 3.05. The molecule has 2 rings (SSSR count). The summed E-state index contributed by atoms with van der Waals surface area (Å²) in [6, 6.07) is 5.67. The Bertz CT molecular complexity index is 397. The molecule has 1 amide bonds. The predicted octanol–water partition coefficient (Wildman–Crippen LogP) is 2.10. The van der Waals surface area contributed by atoms with E-state index in [-0.39, 0.29) is 5.91 Å². The van der Waals surface area contributed by atoms with Crippen LogP contribution in [0.15, 0.2) is 18.2 Å². The van der Waals surface area contributed by atoms with E-state index in [4.69, 9.17) is 4.74 Å². The van der Waals surface area contributed by atoms with E-state index in [2.05, 4.69) is 6.92 Å². The van der Waals surface area contributed by atoms with Gasteiger partial charge in [-0.25, -0.2) is 0 Å². The molecule has 0 saturated carbocycles. The molecule has 0 aromatic heterocycles. The highest BCUT2D eigenvalue weighted by Gasteiger charge is 2.21. The molecule has 1 aromatic rings. The van der Waals surface area contributed by atoms with E-state index in [1.165, 1.54) is 0 Å². The Morgan fingerprint density at radius 3 is 2.69 bits per heavy atom. The van der Waals surface area contributed by atoms with E-state index < -0.39 is 0 Å². The summed E-state index contributed by atoms with van der Waals surface area (Å²) in [5.41, 5.74) is 1.87. The maximum Gasteiger partial charge on any atom is 0.253 e. The molecular weight excluding hydrogens is 202 g/mol. The molecule has 0 unspecified atom stereocenters. The number of ether oxygens (including phenoxy) is 1. The lowest BCUT2D eigenvalue weighted by Crippen LogP contribution is -2.42. The molecule has 0 radical (unpaired) electrons. The number of carbonyl (C=O) groups excluding carboxylic acids is 1. The largest absolute Gasteiger partial charge is 0.496 e. The highest BCUT2D eigenvalue weighted by molar-refractivity contribution is 5.95. The summed E-state index contributed by atoms with van der Waals surface area (Å²) in [5, 5.41) is 0. The Labute approximate surface area is 96.0 Å². The average molecular weight is 219 g/mol. The zero-order valence-electron chi connectivity index (χ0n) is 9.82. The van der Waals surface area contributed by atoms with Crippen LogP contribution in [0.2, 0.25) is 0 Å². The van der Waals surface area contributed by atoms with Gasteiger partial charge >= 0.3 is 0 Å². The van der Waals surface area contributed by atoms with Crippen molar-refractivity contribution in [1.82, 2.24) is 4.90 Å². The maximum absolute atomic E-state index is 12.0. The van der Waals surface area contributed by atoms with E-state index in [0.29, 0.717) is 0 Å². The first-order valence-electron chi connectivity index (χ1n) is 5.72. The Balaban J connectivity index is 2.24. The second-order valence-electron chi connectivity index (χ2n) is 4.03. The minimum atomic E-state index is 0.142. The fourth-order valence-corrected chi connectivity index (χ4v) is 1.89. The number of methoxy groups -OCH3 is 1. The molecule has 0 bridgehead atoms. The predicted molar refractivity (Wildman–Crippen MR) is 62.9 cm³/mol. The van der Waals surface area contributed by atoms with Gasteiger partial charge in [0.25, 0.3) is 5.91 Å². The third-order valence-corrected chi connectivity index (χ3v) is 3.05. The number of rotatable bonds is 3. The van der Waals surface area contributed by atoms with Crippen LogP contribution in [0, 0.1) is 0 Å². The molecule has 1 heterocycles. The van der Waals surface area contributed by atoms with Crippen LogP contribution in [0.25, 0.3) is 0 Å². The molecule has 16 heavy (non-hydrogen) atoms.